The van der Waals surface area contributed by atoms with Crippen LogP contribution in [0.4, 0.5) is 16.4 Å². The first-order valence-corrected chi connectivity index (χ1v) is 6.65. The van der Waals surface area contributed by atoms with Gasteiger partial charge in [0.2, 0.25) is 5.95 Å². The first-order valence-electron chi connectivity index (χ1n) is 6.28. The van der Waals surface area contributed by atoms with E-state index in [1.165, 1.54) is 0 Å². The minimum atomic E-state index is -0.409. The van der Waals surface area contributed by atoms with Crippen molar-refractivity contribution in [3.63, 3.8) is 0 Å². The van der Waals surface area contributed by atoms with Crippen LogP contribution in [0.3, 0.4) is 0 Å². The van der Waals surface area contributed by atoms with Crippen LogP contribution in [0.1, 0.15) is 5.56 Å². The van der Waals surface area contributed by atoms with Crippen LogP contribution in [0.2, 0.25) is 5.15 Å². The lowest BCUT2D eigenvalue weighted by molar-refractivity contribution is 0.262. The van der Waals surface area contributed by atoms with E-state index in [0.717, 1.165) is 5.56 Å². The molecule has 21 heavy (non-hydrogen) atoms. The van der Waals surface area contributed by atoms with Crippen molar-refractivity contribution < 1.29 is 4.79 Å². The zero-order valence-electron chi connectivity index (χ0n) is 11.2. The second-order valence-corrected chi connectivity index (χ2v) is 4.90. The lowest BCUT2D eigenvalue weighted by atomic mass is 10.2. The Bertz CT molecular complexity index is 797. The number of hydrogen-bond acceptors (Lipinski definition) is 3. The molecular weight excluding hydrogens is 290 g/mol. The summed E-state index contributed by atoms with van der Waals surface area (Å²) in [6.45, 7) is 1.98. The molecule has 0 saturated carbocycles. The van der Waals surface area contributed by atoms with E-state index in [0.29, 0.717) is 16.5 Å². The standard InChI is InChI=1S/C14H12ClN5O/c1-9-5-7-10(8-6-9)16-14(21)17-13-19-18-12-4-2-3-11(15)20(12)13/h2-8H,1H3,(H2,16,17,19,21). The quantitative estimate of drug-likeness (QED) is 0.713. The zero-order chi connectivity index (χ0) is 14.8. The van der Waals surface area contributed by atoms with E-state index < -0.39 is 6.03 Å². The number of pyridine rings is 1. The number of amides is 2. The fraction of sp³-hybridized carbons (Fsp3) is 0.0714. The summed E-state index contributed by atoms with van der Waals surface area (Å²) in [4.78, 5) is 12.0. The summed E-state index contributed by atoms with van der Waals surface area (Å²) >= 11 is 6.08. The lowest BCUT2D eigenvalue weighted by Gasteiger charge is -2.07. The summed E-state index contributed by atoms with van der Waals surface area (Å²) in [7, 11) is 0. The molecule has 0 aliphatic heterocycles. The number of urea groups is 1. The number of carbonyl (C=O) groups is 1. The average Bonchev–Trinajstić information content (AvgIpc) is 2.86. The van der Waals surface area contributed by atoms with Crippen molar-refractivity contribution in [1.82, 2.24) is 14.6 Å². The maximum atomic E-state index is 12.0. The van der Waals surface area contributed by atoms with Crippen LogP contribution in [0.15, 0.2) is 42.5 Å². The van der Waals surface area contributed by atoms with Gasteiger partial charge in [0.1, 0.15) is 5.15 Å². The molecule has 0 bridgehead atoms. The van der Waals surface area contributed by atoms with Crippen molar-refractivity contribution in [1.29, 1.82) is 0 Å². The van der Waals surface area contributed by atoms with E-state index in [1.54, 1.807) is 22.6 Å². The van der Waals surface area contributed by atoms with Gasteiger partial charge in [0.25, 0.3) is 0 Å². The number of nitrogens with one attached hydrogen (secondary N) is 2. The molecule has 2 heterocycles. The van der Waals surface area contributed by atoms with Gasteiger partial charge in [-0.25, -0.2) is 4.79 Å². The molecule has 0 fully saturated rings. The van der Waals surface area contributed by atoms with Crippen molar-refractivity contribution >= 4 is 34.9 Å². The van der Waals surface area contributed by atoms with E-state index in [1.807, 2.05) is 31.2 Å². The molecular formula is C14H12ClN5O. The summed E-state index contributed by atoms with van der Waals surface area (Å²) in [5.74, 6) is 0.264. The number of hydrogen-bond donors (Lipinski definition) is 2. The third kappa shape index (κ3) is 2.80. The maximum Gasteiger partial charge on any atom is 0.326 e. The lowest BCUT2D eigenvalue weighted by Crippen LogP contribution is -2.21. The number of benzene rings is 1. The van der Waals surface area contributed by atoms with Crippen molar-refractivity contribution in [2.45, 2.75) is 6.92 Å². The highest BCUT2D eigenvalue weighted by molar-refractivity contribution is 6.30. The van der Waals surface area contributed by atoms with Crippen molar-refractivity contribution in [2.75, 3.05) is 10.6 Å². The molecule has 106 valence electrons. The summed E-state index contributed by atoms with van der Waals surface area (Å²) < 4.78 is 1.55. The largest absolute Gasteiger partial charge is 0.326 e. The molecule has 2 aromatic heterocycles. The molecule has 3 aromatic rings. The van der Waals surface area contributed by atoms with Gasteiger partial charge in [-0.1, -0.05) is 35.4 Å². The molecule has 0 spiro atoms. The number of aryl methyl sites for hydroxylation is 1. The molecule has 0 saturated heterocycles. The minimum Gasteiger partial charge on any atom is -0.308 e. The maximum absolute atomic E-state index is 12.0. The Labute approximate surface area is 125 Å². The van der Waals surface area contributed by atoms with Gasteiger partial charge in [0.05, 0.1) is 0 Å². The Hall–Kier alpha value is -2.60. The minimum absolute atomic E-state index is 0.264. The van der Waals surface area contributed by atoms with Crippen LogP contribution < -0.4 is 10.6 Å². The van der Waals surface area contributed by atoms with Crippen LogP contribution in [0.5, 0.6) is 0 Å². The van der Waals surface area contributed by atoms with Gasteiger partial charge in [-0.15, -0.1) is 10.2 Å². The number of halogens is 1. The molecule has 2 N–H and O–H groups in total. The van der Waals surface area contributed by atoms with E-state index in [2.05, 4.69) is 20.8 Å². The smallest absolute Gasteiger partial charge is 0.308 e. The molecule has 1 aromatic carbocycles. The van der Waals surface area contributed by atoms with Crippen LogP contribution in [0.25, 0.3) is 5.65 Å². The van der Waals surface area contributed by atoms with E-state index in [9.17, 15) is 4.79 Å². The number of carbonyl (C=O) groups excluding carboxylic acids is 1. The summed E-state index contributed by atoms with van der Waals surface area (Å²) in [6, 6.07) is 12.3. The summed E-state index contributed by atoms with van der Waals surface area (Å²) in [5, 5.41) is 13.6. The van der Waals surface area contributed by atoms with E-state index in [4.69, 9.17) is 11.6 Å². The SMILES string of the molecule is Cc1ccc(NC(=O)Nc2nnc3cccc(Cl)n23)cc1. The normalized spacial score (nSPS) is 10.6. The molecule has 7 heteroatoms. The number of nitrogens with zero attached hydrogens (tertiary/aromatic N) is 3. The predicted molar refractivity (Wildman–Crippen MR) is 81.8 cm³/mol. The van der Waals surface area contributed by atoms with E-state index in [-0.39, 0.29) is 5.95 Å². The van der Waals surface area contributed by atoms with Crippen molar-refractivity contribution in [2.24, 2.45) is 0 Å². The molecule has 0 aliphatic rings. The third-order valence-electron chi connectivity index (χ3n) is 2.92. The Kier molecular flexibility index (Phi) is 3.45. The van der Waals surface area contributed by atoms with Gasteiger partial charge in [-0.05, 0) is 31.2 Å². The number of fused-ring (bicyclic) bond motifs is 1. The monoisotopic (exact) mass is 301 g/mol. The third-order valence-corrected chi connectivity index (χ3v) is 3.21. The highest BCUT2D eigenvalue weighted by atomic mass is 35.5. The van der Waals surface area contributed by atoms with Crippen LogP contribution in [-0.4, -0.2) is 20.6 Å². The molecule has 2 amide bonds. The molecule has 0 atom stereocenters. The second-order valence-electron chi connectivity index (χ2n) is 4.51. The van der Waals surface area contributed by atoms with Crippen molar-refractivity contribution in [3.8, 4) is 0 Å². The number of anilines is 2. The molecule has 0 unspecified atom stereocenters. The first-order chi connectivity index (χ1) is 10.1. The van der Waals surface area contributed by atoms with E-state index >= 15 is 0 Å². The summed E-state index contributed by atoms with van der Waals surface area (Å²) in [6.07, 6.45) is 0. The Morgan fingerprint density at radius 1 is 1.10 bits per heavy atom. The van der Waals surface area contributed by atoms with Crippen LogP contribution in [-0.2, 0) is 0 Å². The molecule has 6 nitrogen and oxygen atoms in total. The number of aromatic nitrogens is 3. The average molecular weight is 302 g/mol. The van der Waals surface area contributed by atoms with Gasteiger partial charge in [0.15, 0.2) is 5.65 Å². The predicted octanol–water partition coefficient (Wildman–Crippen LogP) is 3.34. The fourth-order valence-electron chi connectivity index (χ4n) is 1.88. The Balaban J connectivity index is 1.79. The first kappa shape index (κ1) is 13.4. The zero-order valence-corrected chi connectivity index (χ0v) is 11.9. The Morgan fingerprint density at radius 2 is 1.86 bits per heavy atom. The number of rotatable bonds is 2. The summed E-state index contributed by atoms with van der Waals surface area (Å²) in [5.41, 5.74) is 2.38. The fourth-order valence-corrected chi connectivity index (χ4v) is 2.12. The van der Waals surface area contributed by atoms with Crippen molar-refractivity contribution in [3.05, 3.63) is 53.2 Å². The topological polar surface area (TPSA) is 71.3 Å². The van der Waals surface area contributed by atoms with Gasteiger partial charge >= 0.3 is 6.03 Å². The molecule has 3 rings (SSSR count). The second kappa shape index (κ2) is 5.41. The molecule has 0 radical (unpaired) electrons. The molecule has 0 aliphatic carbocycles. The highest BCUT2D eigenvalue weighted by Gasteiger charge is 2.11. The Morgan fingerprint density at radius 3 is 2.62 bits per heavy atom. The van der Waals surface area contributed by atoms with Crippen LogP contribution in [0, 0.1) is 6.92 Å². The van der Waals surface area contributed by atoms with Gasteiger partial charge in [-0.3, -0.25) is 9.72 Å². The van der Waals surface area contributed by atoms with Crippen LogP contribution >= 0.6 is 11.6 Å². The van der Waals surface area contributed by atoms with Gasteiger partial charge in [-0.2, -0.15) is 0 Å². The van der Waals surface area contributed by atoms with Gasteiger partial charge < -0.3 is 5.32 Å². The van der Waals surface area contributed by atoms with Gasteiger partial charge in [0, 0.05) is 5.69 Å². The highest BCUT2D eigenvalue weighted by Crippen LogP contribution is 2.16.